The zero-order chi connectivity index (χ0) is 17.5. The van der Waals surface area contributed by atoms with Crippen LogP contribution >= 0.6 is 0 Å². The molecule has 0 spiro atoms. The summed E-state index contributed by atoms with van der Waals surface area (Å²) < 4.78 is 37.2. The van der Waals surface area contributed by atoms with Crippen LogP contribution < -0.4 is 13.8 Å². The van der Waals surface area contributed by atoms with Crippen LogP contribution in [-0.2, 0) is 21.2 Å². The van der Waals surface area contributed by atoms with E-state index >= 15 is 0 Å². The Kier molecular flexibility index (Phi) is 3.96. The lowest BCUT2D eigenvalue weighted by Gasteiger charge is -2.29. The van der Waals surface area contributed by atoms with E-state index in [1.54, 1.807) is 24.3 Å². The minimum Gasteiger partial charge on any atom is -0.493 e. The van der Waals surface area contributed by atoms with E-state index in [0.29, 0.717) is 22.7 Å². The van der Waals surface area contributed by atoms with Crippen LogP contribution in [0.15, 0.2) is 41.3 Å². The van der Waals surface area contributed by atoms with Gasteiger partial charge in [-0.2, -0.15) is 0 Å². The van der Waals surface area contributed by atoms with Gasteiger partial charge in [0, 0.05) is 6.07 Å². The molecule has 0 radical (unpaired) electrons. The first-order chi connectivity index (χ1) is 11.4. The normalized spacial score (nSPS) is 15.8. The second kappa shape index (κ2) is 5.83. The molecule has 0 unspecified atom stereocenters. The molecular weight excluding hydrogens is 330 g/mol. The van der Waals surface area contributed by atoms with Gasteiger partial charge in [-0.25, -0.2) is 12.7 Å². The van der Waals surface area contributed by atoms with Gasteiger partial charge < -0.3 is 9.47 Å². The van der Waals surface area contributed by atoms with Crippen LogP contribution in [0.1, 0.15) is 11.1 Å². The molecule has 0 aromatic heterocycles. The number of carbonyl (C=O) groups excluding carboxylic acids is 1. The molecule has 0 bridgehead atoms. The smallest absolute Gasteiger partial charge is 0.271 e. The van der Waals surface area contributed by atoms with Gasteiger partial charge in [0.25, 0.3) is 10.0 Å². The number of hydrogen-bond donors (Lipinski definition) is 0. The van der Waals surface area contributed by atoms with Crippen molar-refractivity contribution in [2.45, 2.75) is 18.2 Å². The van der Waals surface area contributed by atoms with Crippen LogP contribution in [0.4, 0.5) is 5.69 Å². The topological polar surface area (TPSA) is 72.9 Å². The van der Waals surface area contributed by atoms with Crippen molar-refractivity contribution in [1.82, 2.24) is 0 Å². The summed E-state index contributed by atoms with van der Waals surface area (Å²) in [4.78, 5) is 12.5. The molecule has 126 valence electrons. The highest BCUT2D eigenvalue weighted by atomic mass is 32.2. The second-order valence-electron chi connectivity index (χ2n) is 5.49. The molecule has 0 fully saturated rings. The SMILES string of the molecule is COc1cc2c(cc1OC)S(=O)(=O)N(c1ccc(C)cc1)C(=O)C2. The Bertz CT molecular complexity index is 903. The summed E-state index contributed by atoms with van der Waals surface area (Å²) in [7, 11) is -1.11. The maximum Gasteiger partial charge on any atom is 0.271 e. The number of hydrogen-bond acceptors (Lipinski definition) is 5. The molecule has 3 rings (SSSR count). The van der Waals surface area contributed by atoms with Crippen molar-refractivity contribution in [3.05, 3.63) is 47.5 Å². The fraction of sp³-hybridized carbons (Fsp3) is 0.235. The van der Waals surface area contributed by atoms with E-state index in [9.17, 15) is 13.2 Å². The lowest BCUT2D eigenvalue weighted by atomic mass is 10.1. The molecular formula is C17H17NO5S. The van der Waals surface area contributed by atoms with Crippen LogP contribution in [0, 0.1) is 6.92 Å². The van der Waals surface area contributed by atoms with Crippen LogP contribution in [0.25, 0.3) is 0 Å². The third kappa shape index (κ3) is 2.50. The maximum atomic E-state index is 13.0. The molecule has 0 aliphatic carbocycles. The Morgan fingerprint density at radius 2 is 1.58 bits per heavy atom. The molecule has 1 amide bonds. The van der Waals surface area contributed by atoms with Gasteiger partial charge in [-0.1, -0.05) is 17.7 Å². The van der Waals surface area contributed by atoms with Crippen molar-refractivity contribution in [3.63, 3.8) is 0 Å². The van der Waals surface area contributed by atoms with Crippen molar-refractivity contribution in [3.8, 4) is 11.5 Å². The minimum absolute atomic E-state index is 0.0250. The lowest BCUT2D eigenvalue weighted by molar-refractivity contribution is -0.117. The Hall–Kier alpha value is -2.54. The zero-order valence-corrected chi connectivity index (χ0v) is 14.4. The van der Waals surface area contributed by atoms with Crippen molar-refractivity contribution in [2.75, 3.05) is 18.5 Å². The van der Waals surface area contributed by atoms with Crippen molar-refractivity contribution < 1.29 is 22.7 Å². The van der Waals surface area contributed by atoms with E-state index < -0.39 is 15.9 Å². The predicted octanol–water partition coefficient (Wildman–Crippen LogP) is 2.29. The van der Waals surface area contributed by atoms with Crippen LogP contribution in [-0.4, -0.2) is 28.5 Å². The third-order valence-corrected chi connectivity index (χ3v) is 5.75. The molecule has 1 aliphatic rings. The van der Waals surface area contributed by atoms with Crippen molar-refractivity contribution in [2.24, 2.45) is 0 Å². The number of methoxy groups -OCH3 is 2. The molecule has 1 heterocycles. The highest BCUT2D eigenvalue weighted by Gasteiger charge is 2.38. The Morgan fingerprint density at radius 3 is 2.17 bits per heavy atom. The standard InChI is InChI=1S/C17H17NO5S/c1-11-4-6-13(7-5-11)18-17(19)9-12-8-14(22-2)15(23-3)10-16(12)24(18,20)21/h4-8,10H,9H2,1-3H3. The summed E-state index contributed by atoms with van der Waals surface area (Å²) in [5.74, 6) is 0.194. The average Bonchev–Trinajstić information content (AvgIpc) is 2.55. The van der Waals surface area contributed by atoms with E-state index in [2.05, 4.69) is 0 Å². The summed E-state index contributed by atoms with van der Waals surface area (Å²) in [6.45, 7) is 1.89. The van der Waals surface area contributed by atoms with Gasteiger partial charge in [-0.05, 0) is 30.7 Å². The molecule has 7 heteroatoms. The van der Waals surface area contributed by atoms with Crippen LogP contribution in [0.5, 0.6) is 11.5 Å². The monoisotopic (exact) mass is 347 g/mol. The number of fused-ring (bicyclic) bond motifs is 1. The summed E-state index contributed by atoms with van der Waals surface area (Å²) >= 11 is 0. The van der Waals surface area contributed by atoms with Gasteiger partial charge >= 0.3 is 0 Å². The Balaban J connectivity index is 2.18. The number of rotatable bonds is 3. The molecule has 0 N–H and O–H groups in total. The zero-order valence-electron chi connectivity index (χ0n) is 13.6. The fourth-order valence-electron chi connectivity index (χ4n) is 2.71. The van der Waals surface area contributed by atoms with Gasteiger partial charge in [0.1, 0.15) is 0 Å². The molecule has 2 aromatic carbocycles. The van der Waals surface area contributed by atoms with Gasteiger partial charge in [-0.15, -0.1) is 0 Å². The first-order valence-corrected chi connectivity index (χ1v) is 8.72. The Labute approximate surface area is 140 Å². The maximum absolute atomic E-state index is 13.0. The van der Waals surface area contributed by atoms with E-state index in [-0.39, 0.29) is 11.3 Å². The largest absolute Gasteiger partial charge is 0.493 e. The van der Waals surface area contributed by atoms with E-state index in [4.69, 9.17) is 9.47 Å². The van der Waals surface area contributed by atoms with E-state index in [1.165, 1.54) is 26.4 Å². The van der Waals surface area contributed by atoms with E-state index in [0.717, 1.165) is 9.87 Å². The second-order valence-corrected chi connectivity index (χ2v) is 7.25. The first kappa shape index (κ1) is 16.3. The number of carbonyl (C=O) groups is 1. The van der Waals surface area contributed by atoms with Gasteiger partial charge in [0.2, 0.25) is 5.91 Å². The molecule has 6 nitrogen and oxygen atoms in total. The molecule has 0 atom stereocenters. The lowest BCUT2D eigenvalue weighted by Crippen LogP contribution is -2.42. The average molecular weight is 347 g/mol. The summed E-state index contributed by atoms with van der Waals surface area (Å²) in [5.41, 5.74) is 1.71. The van der Waals surface area contributed by atoms with Crippen LogP contribution in [0.2, 0.25) is 0 Å². The van der Waals surface area contributed by atoms with Gasteiger partial charge in [0.15, 0.2) is 11.5 Å². The van der Waals surface area contributed by atoms with Crippen molar-refractivity contribution in [1.29, 1.82) is 0 Å². The number of aryl methyl sites for hydroxylation is 1. The first-order valence-electron chi connectivity index (χ1n) is 7.28. The highest BCUT2D eigenvalue weighted by Crippen LogP contribution is 2.38. The molecule has 0 saturated heterocycles. The summed E-state index contributed by atoms with van der Waals surface area (Å²) in [5, 5.41) is 0. The molecule has 2 aromatic rings. The molecule has 0 saturated carbocycles. The number of nitrogens with zero attached hydrogens (tertiary/aromatic N) is 1. The minimum atomic E-state index is -4.01. The quantitative estimate of drug-likeness (QED) is 0.852. The number of anilines is 1. The number of benzene rings is 2. The van der Waals surface area contributed by atoms with Crippen molar-refractivity contribution >= 4 is 21.6 Å². The molecule has 1 aliphatic heterocycles. The van der Waals surface area contributed by atoms with Gasteiger partial charge in [-0.3, -0.25) is 4.79 Å². The summed E-state index contributed by atoms with van der Waals surface area (Å²) in [6, 6.07) is 9.71. The molecule has 24 heavy (non-hydrogen) atoms. The van der Waals surface area contributed by atoms with Crippen LogP contribution in [0.3, 0.4) is 0 Å². The fourth-order valence-corrected chi connectivity index (χ4v) is 4.36. The van der Waals surface area contributed by atoms with E-state index in [1.807, 2.05) is 6.92 Å². The predicted molar refractivity (Wildman–Crippen MR) is 89.1 cm³/mol. The highest BCUT2D eigenvalue weighted by molar-refractivity contribution is 7.93. The third-order valence-electron chi connectivity index (χ3n) is 3.92. The Morgan fingerprint density at radius 1 is 1.00 bits per heavy atom. The van der Waals surface area contributed by atoms with Gasteiger partial charge in [0.05, 0.1) is 31.2 Å². The number of sulfonamides is 1. The number of amides is 1. The number of ether oxygens (including phenoxy) is 2. The summed E-state index contributed by atoms with van der Waals surface area (Å²) in [6.07, 6.45) is -0.0250.